The molecule has 2 amide bonds. The largest absolute Gasteiger partial charge is 0.325 e. The van der Waals surface area contributed by atoms with Crippen LogP contribution in [0, 0.1) is 0 Å². The molecule has 4 heteroatoms. The second kappa shape index (κ2) is 6.21. The fourth-order valence-corrected chi connectivity index (χ4v) is 3.08. The lowest BCUT2D eigenvalue weighted by Crippen LogP contribution is -2.46. The van der Waals surface area contributed by atoms with Crippen LogP contribution >= 0.6 is 0 Å². The number of ketones is 1. The molecule has 2 aliphatic rings. The van der Waals surface area contributed by atoms with Gasteiger partial charge in [0, 0.05) is 32.1 Å². The molecule has 0 N–H and O–H groups in total. The molecule has 4 nitrogen and oxygen atoms in total. The highest BCUT2D eigenvalue weighted by molar-refractivity contribution is 5.79. The van der Waals surface area contributed by atoms with Crippen molar-refractivity contribution in [2.24, 2.45) is 0 Å². The minimum Gasteiger partial charge on any atom is -0.325 e. The molecule has 0 aromatic rings. The van der Waals surface area contributed by atoms with Crippen LogP contribution in [0.5, 0.6) is 0 Å². The summed E-state index contributed by atoms with van der Waals surface area (Å²) in [5.41, 5.74) is 0. The summed E-state index contributed by atoms with van der Waals surface area (Å²) in [7, 11) is 0. The van der Waals surface area contributed by atoms with Gasteiger partial charge in [-0.25, -0.2) is 4.79 Å². The summed E-state index contributed by atoms with van der Waals surface area (Å²) in [4.78, 5) is 27.7. The van der Waals surface area contributed by atoms with E-state index in [0.717, 1.165) is 45.3 Å². The van der Waals surface area contributed by atoms with E-state index in [1.807, 2.05) is 9.80 Å². The molecule has 1 unspecified atom stereocenters. The van der Waals surface area contributed by atoms with E-state index in [4.69, 9.17) is 0 Å². The normalized spacial score (nSPS) is 25.1. The van der Waals surface area contributed by atoms with Crippen molar-refractivity contribution in [3.8, 4) is 0 Å². The minimum atomic E-state index is 0.151. The summed E-state index contributed by atoms with van der Waals surface area (Å²) >= 11 is 0. The van der Waals surface area contributed by atoms with Crippen LogP contribution in [0.25, 0.3) is 0 Å². The van der Waals surface area contributed by atoms with Crippen molar-refractivity contribution in [1.82, 2.24) is 9.80 Å². The maximum atomic E-state index is 12.5. The summed E-state index contributed by atoms with van der Waals surface area (Å²) in [6, 6.07) is 0.318. The van der Waals surface area contributed by atoms with Crippen molar-refractivity contribution in [3.05, 3.63) is 0 Å². The third kappa shape index (κ3) is 3.24. The van der Waals surface area contributed by atoms with Gasteiger partial charge in [-0.05, 0) is 32.6 Å². The van der Waals surface area contributed by atoms with Gasteiger partial charge in [0.1, 0.15) is 5.78 Å². The lowest BCUT2D eigenvalue weighted by molar-refractivity contribution is -0.117. The van der Waals surface area contributed by atoms with Crippen LogP contribution in [0.4, 0.5) is 4.79 Å². The smallest absolute Gasteiger partial charge is 0.320 e. The Kier molecular flexibility index (Phi) is 4.61. The summed E-state index contributed by atoms with van der Waals surface area (Å²) in [6.45, 7) is 4.23. The third-order valence-electron chi connectivity index (χ3n) is 4.02. The molecule has 0 aliphatic carbocycles. The van der Waals surface area contributed by atoms with E-state index in [0.29, 0.717) is 6.42 Å². The molecule has 0 aromatic carbocycles. The zero-order valence-corrected chi connectivity index (χ0v) is 11.4. The maximum absolute atomic E-state index is 12.5. The van der Waals surface area contributed by atoms with Crippen LogP contribution in [0.3, 0.4) is 0 Å². The van der Waals surface area contributed by atoms with Gasteiger partial charge in [0.2, 0.25) is 0 Å². The van der Waals surface area contributed by atoms with Gasteiger partial charge >= 0.3 is 6.03 Å². The molecule has 2 saturated heterocycles. The Labute approximate surface area is 109 Å². The molecule has 2 rings (SSSR count). The van der Waals surface area contributed by atoms with Gasteiger partial charge in [-0.15, -0.1) is 0 Å². The molecular weight excluding hydrogens is 228 g/mol. The number of amides is 2. The number of carbonyl (C=O) groups is 2. The van der Waals surface area contributed by atoms with E-state index in [1.165, 1.54) is 12.8 Å². The zero-order valence-electron chi connectivity index (χ0n) is 11.4. The summed E-state index contributed by atoms with van der Waals surface area (Å²) in [5, 5.41) is 0. The lowest BCUT2D eigenvalue weighted by Gasteiger charge is -2.30. The van der Waals surface area contributed by atoms with Crippen molar-refractivity contribution in [3.63, 3.8) is 0 Å². The highest BCUT2D eigenvalue weighted by Gasteiger charge is 2.32. The van der Waals surface area contributed by atoms with E-state index in [2.05, 4.69) is 0 Å². The quantitative estimate of drug-likeness (QED) is 0.757. The predicted octanol–water partition coefficient (Wildman–Crippen LogP) is 2.43. The van der Waals surface area contributed by atoms with Crippen LogP contribution in [0.2, 0.25) is 0 Å². The Morgan fingerprint density at radius 2 is 1.67 bits per heavy atom. The van der Waals surface area contributed by atoms with Crippen LogP contribution in [0.15, 0.2) is 0 Å². The monoisotopic (exact) mass is 252 g/mol. The van der Waals surface area contributed by atoms with E-state index >= 15 is 0 Å². The van der Waals surface area contributed by atoms with E-state index in [-0.39, 0.29) is 17.9 Å². The highest BCUT2D eigenvalue weighted by atomic mass is 16.2. The predicted molar refractivity (Wildman–Crippen MR) is 70.5 cm³/mol. The van der Waals surface area contributed by atoms with Crippen molar-refractivity contribution in [2.75, 3.05) is 19.6 Å². The molecule has 0 radical (unpaired) electrons. The molecule has 2 fully saturated rings. The molecule has 0 saturated carbocycles. The fourth-order valence-electron chi connectivity index (χ4n) is 3.08. The first-order valence-electron chi connectivity index (χ1n) is 7.23. The number of urea groups is 1. The van der Waals surface area contributed by atoms with Crippen molar-refractivity contribution >= 4 is 11.8 Å². The second-order valence-electron chi connectivity index (χ2n) is 5.58. The Bertz CT molecular complexity index is 309. The van der Waals surface area contributed by atoms with Crippen LogP contribution in [-0.2, 0) is 4.79 Å². The average Bonchev–Trinajstić information content (AvgIpc) is 2.63. The topological polar surface area (TPSA) is 40.6 Å². The molecule has 1 atom stereocenters. The average molecular weight is 252 g/mol. The summed E-state index contributed by atoms with van der Waals surface area (Å²) in [5.74, 6) is 0.190. The Hall–Kier alpha value is -1.06. The molecule has 0 spiro atoms. The third-order valence-corrected chi connectivity index (χ3v) is 4.02. The minimum absolute atomic E-state index is 0.151. The van der Waals surface area contributed by atoms with E-state index in [9.17, 15) is 9.59 Å². The van der Waals surface area contributed by atoms with Gasteiger partial charge in [0.25, 0.3) is 0 Å². The molecule has 18 heavy (non-hydrogen) atoms. The number of rotatable bonds is 2. The van der Waals surface area contributed by atoms with Gasteiger partial charge in [-0.2, -0.15) is 0 Å². The van der Waals surface area contributed by atoms with Crippen LogP contribution < -0.4 is 0 Å². The number of likely N-dealkylation sites (tertiary alicyclic amines) is 2. The molecule has 102 valence electrons. The first kappa shape index (κ1) is 13.4. The molecular formula is C14H24N2O2. The number of hydrogen-bond acceptors (Lipinski definition) is 2. The van der Waals surface area contributed by atoms with Crippen molar-refractivity contribution in [2.45, 2.75) is 57.9 Å². The van der Waals surface area contributed by atoms with Crippen LogP contribution in [-0.4, -0.2) is 47.3 Å². The summed E-state index contributed by atoms with van der Waals surface area (Å²) in [6.07, 6.45) is 7.27. The van der Waals surface area contributed by atoms with Gasteiger partial charge in [-0.3, -0.25) is 4.79 Å². The molecule has 0 bridgehead atoms. The van der Waals surface area contributed by atoms with E-state index in [1.54, 1.807) is 6.92 Å². The Balaban J connectivity index is 1.95. The van der Waals surface area contributed by atoms with Gasteiger partial charge in [0.05, 0.1) is 0 Å². The van der Waals surface area contributed by atoms with Crippen LogP contribution in [0.1, 0.15) is 51.9 Å². The molecule has 0 aromatic heterocycles. The second-order valence-corrected chi connectivity index (χ2v) is 5.58. The molecule has 2 aliphatic heterocycles. The van der Waals surface area contributed by atoms with E-state index < -0.39 is 0 Å². The van der Waals surface area contributed by atoms with Gasteiger partial charge < -0.3 is 9.80 Å². The SMILES string of the molecule is CC(=O)CC1CCCN1C(=O)N1CCCCCC1. The number of carbonyl (C=O) groups excluding carboxylic acids is 2. The molecule has 2 heterocycles. The first-order chi connectivity index (χ1) is 8.68. The van der Waals surface area contributed by atoms with Crippen molar-refractivity contribution < 1.29 is 9.59 Å². The van der Waals surface area contributed by atoms with Gasteiger partial charge in [0.15, 0.2) is 0 Å². The number of hydrogen-bond donors (Lipinski definition) is 0. The standard InChI is InChI=1S/C14H24N2O2/c1-12(17)11-13-7-6-10-16(13)14(18)15-8-4-2-3-5-9-15/h13H,2-11H2,1H3. The summed E-state index contributed by atoms with van der Waals surface area (Å²) < 4.78 is 0. The highest BCUT2D eigenvalue weighted by Crippen LogP contribution is 2.23. The Morgan fingerprint density at radius 1 is 1.00 bits per heavy atom. The first-order valence-corrected chi connectivity index (χ1v) is 7.23. The number of Topliss-reactive ketones (excluding diaryl/α,β-unsaturated/α-hetero) is 1. The lowest BCUT2D eigenvalue weighted by atomic mass is 10.1. The van der Waals surface area contributed by atoms with Gasteiger partial charge in [-0.1, -0.05) is 12.8 Å². The number of nitrogens with zero attached hydrogens (tertiary/aromatic N) is 2. The maximum Gasteiger partial charge on any atom is 0.320 e. The fraction of sp³-hybridized carbons (Fsp3) is 0.857. The zero-order chi connectivity index (χ0) is 13.0. The van der Waals surface area contributed by atoms with Crippen molar-refractivity contribution in [1.29, 1.82) is 0 Å². The Morgan fingerprint density at radius 3 is 2.28 bits per heavy atom.